The molecule has 0 spiro atoms. The van der Waals surface area contributed by atoms with Crippen LogP contribution in [0.25, 0.3) is 0 Å². The smallest absolute Gasteiger partial charge is 0.182 e. The molecule has 0 heterocycles. The highest BCUT2D eigenvalue weighted by atomic mass is 16.1. The van der Waals surface area contributed by atoms with Crippen LogP contribution >= 0.6 is 0 Å². The second kappa shape index (κ2) is 5.58. The molecule has 0 aliphatic heterocycles. The number of allylic oxidation sites excluding steroid dienone is 5. The Morgan fingerprint density at radius 2 is 1.91 bits per heavy atom. The number of hydrogen-bond acceptors (Lipinski definition) is 2. The van der Waals surface area contributed by atoms with Crippen LogP contribution < -0.4 is 0 Å². The van der Waals surface area contributed by atoms with E-state index >= 15 is 0 Å². The lowest BCUT2D eigenvalue weighted by Crippen LogP contribution is -2.49. The van der Waals surface area contributed by atoms with Crippen molar-refractivity contribution in [3.05, 3.63) is 36.0 Å². The van der Waals surface area contributed by atoms with Crippen molar-refractivity contribution >= 4 is 11.6 Å². The molecular weight excluding hydrogens is 284 g/mol. The molecule has 0 bridgehead atoms. The van der Waals surface area contributed by atoms with E-state index in [0.29, 0.717) is 29.2 Å². The molecule has 0 aromatic heterocycles. The van der Waals surface area contributed by atoms with E-state index in [1.165, 1.54) is 49.5 Å². The second-order valence-corrected chi connectivity index (χ2v) is 8.62. The zero-order valence-corrected chi connectivity index (χ0v) is 14.7. The fourth-order valence-corrected chi connectivity index (χ4v) is 5.59. The lowest BCUT2D eigenvalue weighted by molar-refractivity contribution is -0.115. The molecule has 3 aliphatic carbocycles. The van der Waals surface area contributed by atoms with Crippen LogP contribution in [0.2, 0.25) is 0 Å². The average Bonchev–Trinajstić information content (AvgIpc) is 2.45. The van der Waals surface area contributed by atoms with E-state index in [1.807, 2.05) is 0 Å². The largest absolute Gasteiger partial charge is 0.290 e. The first kappa shape index (κ1) is 16.4. The highest BCUT2D eigenvalue weighted by Crippen LogP contribution is 2.61. The summed E-state index contributed by atoms with van der Waals surface area (Å²) in [6, 6.07) is 0. The number of fused-ring (bicyclic) bond motifs is 1. The van der Waals surface area contributed by atoms with Crippen molar-refractivity contribution in [2.75, 3.05) is 0 Å². The van der Waals surface area contributed by atoms with Crippen LogP contribution in [0.15, 0.2) is 36.0 Å². The summed E-state index contributed by atoms with van der Waals surface area (Å²) >= 11 is 0. The predicted molar refractivity (Wildman–Crippen MR) is 92.9 cm³/mol. The third-order valence-corrected chi connectivity index (χ3v) is 6.77. The molecule has 2 nitrogen and oxygen atoms in total. The Morgan fingerprint density at radius 3 is 2.65 bits per heavy atom. The van der Waals surface area contributed by atoms with Crippen LogP contribution in [0.4, 0.5) is 0 Å². The summed E-state index contributed by atoms with van der Waals surface area (Å²) in [7, 11) is 0. The predicted octanol–water partition coefficient (Wildman–Crippen LogP) is 4.81. The molecule has 0 radical (unpaired) electrons. The van der Waals surface area contributed by atoms with E-state index < -0.39 is 0 Å². The number of ketones is 2. The Morgan fingerprint density at radius 1 is 1.17 bits per heavy atom. The SMILES string of the molecule is C=C1CC[C@@H]2C(C)(C)CCC[C@@]2(C)[C@@H]1CC1=CC(=O)C=CC1=O. The molecular formula is C21H28O2. The summed E-state index contributed by atoms with van der Waals surface area (Å²) in [6.07, 6.45) is 11.0. The van der Waals surface area contributed by atoms with Crippen LogP contribution in [0.3, 0.4) is 0 Å². The van der Waals surface area contributed by atoms with Gasteiger partial charge < -0.3 is 0 Å². The number of hydrogen-bond donors (Lipinski definition) is 0. The fraction of sp³-hybridized carbons (Fsp3) is 0.619. The van der Waals surface area contributed by atoms with Gasteiger partial charge in [-0.15, -0.1) is 0 Å². The Hall–Kier alpha value is -1.44. The maximum atomic E-state index is 12.2. The Bertz CT molecular complexity index is 620. The molecule has 0 aromatic rings. The number of rotatable bonds is 2. The van der Waals surface area contributed by atoms with Gasteiger partial charge in [0, 0.05) is 5.57 Å². The minimum Gasteiger partial charge on any atom is -0.290 e. The highest BCUT2D eigenvalue weighted by Gasteiger charge is 2.52. The third kappa shape index (κ3) is 2.77. The van der Waals surface area contributed by atoms with Crippen molar-refractivity contribution in [1.82, 2.24) is 0 Å². The van der Waals surface area contributed by atoms with Crippen molar-refractivity contribution in [3.8, 4) is 0 Å². The first-order chi connectivity index (χ1) is 10.7. The summed E-state index contributed by atoms with van der Waals surface area (Å²) in [6.45, 7) is 11.6. The van der Waals surface area contributed by atoms with Gasteiger partial charge in [-0.3, -0.25) is 9.59 Å². The van der Waals surface area contributed by atoms with E-state index in [-0.39, 0.29) is 17.0 Å². The molecule has 2 fully saturated rings. The molecule has 3 atom stereocenters. The Balaban J connectivity index is 1.92. The van der Waals surface area contributed by atoms with Gasteiger partial charge in [-0.2, -0.15) is 0 Å². The minimum atomic E-state index is -0.0632. The van der Waals surface area contributed by atoms with Crippen molar-refractivity contribution in [1.29, 1.82) is 0 Å². The minimum absolute atomic E-state index is 0.00167. The summed E-state index contributed by atoms with van der Waals surface area (Å²) in [5, 5.41) is 0. The van der Waals surface area contributed by atoms with Crippen molar-refractivity contribution in [2.45, 2.75) is 59.3 Å². The molecule has 124 valence electrons. The Labute approximate surface area is 139 Å². The summed E-state index contributed by atoms with van der Waals surface area (Å²) < 4.78 is 0. The molecule has 2 saturated carbocycles. The molecule has 23 heavy (non-hydrogen) atoms. The van der Waals surface area contributed by atoms with Crippen molar-refractivity contribution < 1.29 is 9.59 Å². The van der Waals surface area contributed by atoms with E-state index in [2.05, 4.69) is 27.4 Å². The van der Waals surface area contributed by atoms with Gasteiger partial charge in [-0.1, -0.05) is 39.3 Å². The highest BCUT2D eigenvalue weighted by molar-refractivity contribution is 6.17. The second-order valence-electron chi connectivity index (χ2n) is 8.62. The molecule has 0 amide bonds. The van der Waals surface area contributed by atoms with Crippen molar-refractivity contribution in [3.63, 3.8) is 0 Å². The maximum absolute atomic E-state index is 12.2. The van der Waals surface area contributed by atoms with E-state index in [9.17, 15) is 9.59 Å². The zero-order chi connectivity index (χ0) is 16.8. The molecule has 0 unspecified atom stereocenters. The number of carbonyl (C=O) groups excluding carboxylic acids is 2. The maximum Gasteiger partial charge on any atom is 0.182 e. The van der Waals surface area contributed by atoms with E-state index in [1.54, 1.807) is 0 Å². The normalized spacial score (nSPS) is 36.7. The van der Waals surface area contributed by atoms with Crippen molar-refractivity contribution in [2.24, 2.45) is 22.7 Å². The lowest BCUT2D eigenvalue weighted by atomic mass is 9.47. The zero-order valence-electron chi connectivity index (χ0n) is 14.7. The van der Waals surface area contributed by atoms with E-state index in [0.717, 1.165) is 6.42 Å². The van der Waals surface area contributed by atoms with Gasteiger partial charge in [-0.25, -0.2) is 0 Å². The first-order valence-electron chi connectivity index (χ1n) is 8.89. The fourth-order valence-electron chi connectivity index (χ4n) is 5.59. The lowest BCUT2D eigenvalue weighted by Gasteiger charge is -2.58. The van der Waals surface area contributed by atoms with Gasteiger partial charge >= 0.3 is 0 Å². The molecule has 0 N–H and O–H groups in total. The first-order valence-corrected chi connectivity index (χ1v) is 8.89. The van der Waals surface area contributed by atoms with Crippen LogP contribution in [-0.4, -0.2) is 11.6 Å². The quantitative estimate of drug-likeness (QED) is 0.541. The van der Waals surface area contributed by atoms with Crippen LogP contribution in [0.1, 0.15) is 59.3 Å². The van der Waals surface area contributed by atoms with Gasteiger partial charge in [0.05, 0.1) is 0 Å². The molecule has 0 aromatic carbocycles. The molecule has 2 heteroatoms. The molecule has 3 rings (SSSR count). The molecule has 0 saturated heterocycles. The van der Waals surface area contributed by atoms with Crippen LogP contribution in [0, 0.1) is 22.7 Å². The van der Waals surface area contributed by atoms with Gasteiger partial charge in [0.25, 0.3) is 0 Å². The summed E-state index contributed by atoms with van der Waals surface area (Å²) in [5.74, 6) is 0.921. The van der Waals surface area contributed by atoms with Gasteiger partial charge in [0.15, 0.2) is 11.6 Å². The van der Waals surface area contributed by atoms with Crippen LogP contribution in [-0.2, 0) is 9.59 Å². The van der Waals surface area contributed by atoms with Crippen LogP contribution in [0.5, 0.6) is 0 Å². The Kier molecular flexibility index (Phi) is 3.98. The summed E-state index contributed by atoms with van der Waals surface area (Å²) in [4.78, 5) is 23.8. The monoisotopic (exact) mass is 312 g/mol. The average molecular weight is 312 g/mol. The molecule has 3 aliphatic rings. The summed E-state index contributed by atoms with van der Waals surface area (Å²) in [5.41, 5.74) is 2.50. The van der Waals surface area contributed by atoms with Gasteiger partial charge in [0.2, 0.25) is 0 Å². The topological polar surface area (TPSA) is 34.1 Å². The third-order valence-electron chi connectivity index (χ3n) is 6.77. The van der Waals surface area contributed by atoms with Gasteiger partial charge in [0.1, 0.15) is 0 Å². The standard InChI is InChI=1S/C21H28O2/c1-14-6-9-19-20(2,3)10-5-11-21(19,4)17(14)13-15-12-16(22)7-8-18(15)23/h7-8,12,17,19H,1,5-6,9-11,13H2,2-4H3/t17-,19-,21+/m1/s1. The van der Waals surface area contributed by atoms with Gasteiger partial charge in [-0.05, 0) is 73.0 Å². The van der Waals surface area contributed by atoms with E-state index in [4.69, 9.17) is 0 Å². The number of carbonyl (C=O) groups is 2.